The second kappa shape index (κ2) is 4.03. The molecule has 0 amide bonds. The summed E-state index contributed by atoms with van der Waals surface area (Å²) in [4.78, 5) is 7.25. The number of aromatic amines is 1. The molecule has 2 aromatic carbocycles. The first-order valence-electron chi connectivity index (χ1n) is 6.29. The van der Waals surface area contributed by atoms with Crippen LogP contribution in [0.1, 0.15) is 17.3 Å². The SMILES string of the molecule is Fc1ccc2[nH]c(C3COc4ccccc43)nc2c1F. The van der Waals surface area contributed by atoms with Crippen molar-refractivity contribution in [1.29, 1.82) is 0 Å². The predicted molar refractivity (Wildman–Crippen MR) is 69.8 cm³/mol. The van der Waals surface area contributed by atoms with Gasteiger partial charge in [-0.3, -0.25) is 0 Å². The number of halogens is 2. The number of nitrogens with one attached hydrogen (secondary N) is 1. The van der Waals surface area contributed by atoms with Gasteiger partial charge in [-0.1, -0.05) is 18.2 Å². The highest BCUT2D eigenvalue weighted by atomic mass is 19.2. The van der Waals surface area contributed by atoms with E-state index < -0.39 is 11.6 Å². The van der Waals surface area contributed by atoms with Crippen molar-refractivity contribution in [3.8, 4) is 5.75 Å². The Hall–Kier alpha value is -2.43. The molecule has 3 nitrogen and oxygen atoms in total. The van der Waals surface area contributed by atoms with Gasteiger partial charge in [-0.05, 0) is 18.2 Å². The van der Waals surface area contributed by atoms with Gasteiger partial charge in [-0.15, -0.1) is 0 Å². The van der Waals surface area contributed by atoms with Crippen LogP contribution in [0.15, 0.2) is 36.4 Å². The average Bonchev–Trinajstić information content (AvgIpc) is 3.06. The molecular formula is C15H10F2N2O. The quantitative estimate of drug-likeness (QED) is 0.737. The summed E-state index contributed by atoms with van der Waals surface area (Å²) in [6, 6.07) is 10.2. The lowest BCUT2D eigenvalue weighted by Gasteiger charge is -2.03. The molecule has 0 radical (unpaired) electrons. The fraction of sp³-hybridized carbons (Fsp3) is 0.133. The summed E-state index contributed by atoms with van der Waals surface area (Å²) >= 11 is 0. The van der Waals surface area contributed by atoms with Crippen LogP contribution in [0.4, 0.5) is 8.78 Å². The van der Waals surface area contributed by atoms with Gasteiger partial charge in [0.15, 0.2) is 11.6 Å². The first kappa shape index (κ1) is 11.4. The average molecular weight is 272 g/mol. The molecule has 1 unspecified atom stereocenters. The van der Waals surface area contributed by atoms with Crippen LogP contribution < -0.4 is 4.74 Å². The van der Waals surface area contributed by atoms with E-state index in [0.717, 1.165) is 17.4 Å². The van der Waals surface area contributed by atoms with E-state index in [-0.39, 0.29) is 11.4 Å². The maximum atomic E-state index is 13.7. The minimum absolute atomic E-state index is 0.0318. The van der Waals surface area contributed by atoms with Crippen LogP contribution in [0, 0.1) is 11.6 Å². The number of hydrogen-bond donors (Lipinski definition) is 1. The van der Waals surface area contributed by atoms with Crippen LogP contribution in [0.25, 0.3) is 11.0 Å². The fourth-order valence-corrected chi connectivity index (χ4v) is 2.59. The third-order valence-electron chi connectivity index (χ3n) is 3.59. The summed E-state index contributed by atoms with van der Waals surface area (Å²) in [5, 5.41) is 0. The molecule has 0 spiro atoms. The van der Waals surface area contributed by atoms with E-state index in [1.54, 1.807) is 0 Å². The minimum Gasteiger partial charge on any atom is -0.492 e. The van der Waals surface area contributed by atoms with Gasteiger partial charge in [0.25, 0.3) is 0 Å². The van der Waals surface area contributed by atoms with E-state index >= 15 is 0 Å². The van der Waals surface area contributed by atoms with Gasteiger partial charge in [0, 0.05) is 5.56 Å². The van der Waals surface area contributed by atoms with Gasteiger partial charge in [0.05, 0.1) is 11.4 Å². The maximum Gasteiger partial charge on any atom is 0.186 e. The molecule has 1 atom stereocenters. The molecule has 1 aromatic heterocycles. The highest BCUT2D eigenvalue weighted by Crippen LogP contribution is 2.37. The van der Waals surface area contributed by atoms with Gasteiger partial charge in [-0.25, -0.2) is 13.8 Å². The number of hydrogen-bond acceptors (Lipinski definition) is 2. The summed E-state index contributed by atoms with van der Waals surface area (Å²) in [6.45, 7) is 0.448. The molecule has 100 valence electrons. The van der Waals surface area contributed by atoms with E-state index in [1.165, 1.54) is 6.07 Å². The summed E-state index contributed by atoms with van der Waals surface area (Å²) < 4.78 is 32.5. The Balaban J connectivity index is 1.86. The molecule has 1 aliphatic heterocycles. The van der Waals surface area contributed by atoms with E-state index in [1.807, 2.05) is 24.3 Å². The molecular weight excluding hydrogens is 262 g/mol. The molecule has 0 saturated heterocycles. The van der Waals surface area contributed by atoms with Gasteiger partial charge in [0.1, 0.15) is 23.7 Å². The van der Waals surface area contributed by atoms with Gasteiger partial charge < -0.3 is 9.72 Å². The Bertz CT molecular complexity index is 813. The highest BCUT2D eigenvalue weighted by Gasteiger charge is 2.28. The lowest BCUT2D eigenvalue weighted by molar-refractivity contribution is 0.340. The van der Waals surface area contributed by atoms with Crippen LogP contribution in [0.2, 0.25) is 0 Å². The molecule has 20 heavy (non-hydrogen) atoms. The molecule has 0 aliphatic carbocycles. The topological polar surface area (TPSA) is 37.9 Å². The van der Waals surface area contributed by atoms with Crippen LogP contribution in [-0.4, -0.2) is 16.6 Å². The molecule has 0 saturated carbocycles. The van der Waals surface area contributed by atoms with E-state index in [2.05, 4.69) is 9.97 Å². The molecule has 1 N–H and O–H groups in total. The normalized spacial score (nSPS) is 17.2. The van der Waals surface area contributed by atoms with E-state index in [4.69, 9.17) is 4.74 Å². The molecule has 2 heterocycles. The largest absolute Gasteiger partial charge is 0.492 e. The van der Waals surface area contributed by atoms with Crippen molar-refractivity contribution in [3.63, 3.8) is 0 Å². The van der Waals surface area contributed by atoms with Gasteiger partial charge >= 0.3 is 0 Å². The van der Waals surface area contributed by atoms with Crippen molar-refractivity contribution in [1.82, 2.24) is 9.97 Å². The summed E-state index contributed by atoms with van der Waals surface area (Å²) in [6.07, 6.45) is 0. The van der Waals surface area contributed by atoms with Crippen molar-refractivity contribution in [3.05, 3.63) is 59.4 Å². The van der Waals surface area contributed by atoms with Crippen LogP contribution in [0.3, 0.4) is 0 Å². The number of H-pyrrole nitrogens is 1. The molecule has 4 rings (SSSR count). The van der Waals surface area contributed by atoms with Crippen molar-refractivity contribution in [2.45, 2.75) is 5.92 Å². The Morgan fingerprint density at radius 3 is 2.90 bits per heavy atom. The zero-order chi connectivity index (χ0) is 13.7. The number of nitrogens with zero attached hydrogens (tertiary/aromatic N) is 1. The Morgan fingerprint density at radius 2 is 2.00 bits per heavy atom. The highest BCUT2D eigenvalue weighted by molar-refractivity contribution is 5.76. The van der Waals surface area contributed by atoms with E-state index in [0.29, 0.717) is 17.9 Å². The summed E-state index contributed by atoms with van der Waals surface area (Å²) in [5.74, 6) is -0.490. The molecule has 5 heteroatoms. The van der Waals surface area contributed by atoms with Crippen molar-refractivity contribution < 1.29 is 13.5 Å². The van der Waals surface area contributed by atoms with E-state index in [9.17, 15) is 8.78 Å². The summed E-state index contributed by atoms with van der Waals surface area (Å²) in [5.41, 5.74) is 1.53. The summed E-state index contributed by atoms with van der Waals surface area (Å²) in [7, 11) is 0. The van der Waals surface area contributed by atoms with Crippen LogP contribution in [0.5, 0.6) is 5.75 Å². The maximum absolute atomic E-state index is 13.7. The van der Waals surface area contributed by atoms with Gasteiger partial charge in [0.2, 0.25) is 0 Å². The van der Waals surface area contributed by atoms with Crippen molar-refractivity contribution in [2.24, 2.45) is 0 Å². The smallest absolute Gasteiger partial charge is 0.186 e. The van der Waals surface area contributed by atoms with Crippen LogP contribution >= 0.6 is 0 Å². The Kier molecular flexibility index (Phi) is 2.30. The number of rotatable bonds is 1. The second-order valence-electron chi connectivity index (χ2n) is 4.78. The lowest BCUT2D eigenvalue weighted by Crippen LogP contribution is -2.04. The lowest BCUT2D eigenvalue weighted by atomic mass is 10.0. The molecule has 3 aromatic rings. The number of aromatic nitrogens is 2. The zero-order valence-corrected chi connectivity index (χ0v) is 10.4. The number of imidazole rings is 1. The number of benzene rings is 2. The first-order chi connectivity index (χ1) is 9.74. The Morgan fingerprint density at radius 1 is 1.15 bits per heavy atom. The Labute approximate surface area is 113 Å². The third-order valence-corrected chi connectivity index (χ3v) is 3.59. The molecule has 0 fully saturated rings. The fourth-order valence-electron chi connectivity index (χ4n) is 2.59. The third kappa shape index (κ3) is 1.52. The second-order valence-corrected chi connectivity index (χ2v) is 4.78. The standard InChI is InChI=1S/C15H10F2N2O/c16-10-5-6-11-14(13(10)17)19-15(18-11)9-7-20-12-4-2-1-3-8(9)12/h1-6,9H,7H2,(H,18,19). The number of para-hydroxylation sites is 1. The number of ether oxygens (including phenoxy) is 1. The van der Waals surface area contributed by atoms with Gasteiger partial charge in [-0.2, -0.15) is 0 Å². The zero-order valence-electron chi connectivity index (χ0n) is 10.4. The van der Waals surface area contributed by atoms with Crippen LogP contribution in [-0.2, 0) is 0 Å². The molecule has 1 aliphatic rings. The molecule has 0 bridgehead atoms. The number of fused-ring (bicyclic) bond motifs is 2. The predicted octanol–water partition coefficient (Wildman–Crippen LogP) is 3.37. The monoisotopic (exact) mass is 272 g/mol. The minimum atomic E-state index is -0.919. The first-order valence-corrected chi connectivity index (χ1v) is 6.29. The van der Waals surface area contributed by atoms with Crippen molar-refractivity contribution in [2.75, 3.05) is 6.61 Å². The van der Waals surface area contributed by atoms with Crippen molar-refractivity contribution >= 4 is 11.0 Å².